The Morgan fingerprint density at radius 3 is 3.05 bits per heavy atom. The average molecular weight is 299 g/mol. The van der Waals surface area contributed by atoms with E-state index in [9.17, 15) is 0 Å². The number of rotatable bonds is 5. The van der Waals surface area contributed by atoms with Gasteiger partial charge < -0.3 is 10.1 Å². The Kier molecular flexibility index (Phi) is 4.92. The van der Waals surface area contributed by atoms with Gasteiger partial charge in [0.25, 0.3) is 0 Å². The molecular formula is C16H21N5O. The van der Waals surface area contributed by atoms with Crippen LogP contribution in [0.2, 0.25) is 0 Å². The van der Waals surface area contributed by atoms with Crippen LogP contribution in [0.4, 0.5) is 5.82 Å². The van der Waals surface area contributed by atoms with Crippen molar-refractivity contribution in [2.45, 2.75) is 19.1 Å². The van der Waals surface area contributed by atoms with Gasteiger partial charge in [0, 0.05) is 44.3 Å². The van der Waals surface area contributed by atoms with Gasteiger partial charge in [0.1, 0.15) is 5.82 Å². The van der Waals surface area contributed by atoms with Gasteiger partial charge in [-0.25, -0.2) is 0 Å². The van der Waals surface area contributed by atoms with Crippen molar-refractivity contribution >= 4 is 5.82 Å². The average Bonchev–Trinajstić information content (AvgIpc) is 2.61. The Morgan fingerprint density at radius 2 is 2.27 bits per heavy atom. The van der Waals surface area contributed by atoms with Gasteiger partial charge in [0.05, 0.1) is 12.7 Å². The lowest BCUT2D eigenvalue weighted by atomic mass is 10.1. The summed E-state index contributed by atoms with van der Waals surface area (Å²) in [4.78, 5) is 6.64. The molecule has 22 heavy (non-hydrogen) atoms. The Bertz CT molecular complexity index is 565. The van der Waals surface area contributed by atoms with E-state index in [4.69, 9.17) is 4.74 Å². The molecule has 0 spiro atoms. The number of hydrogen-bond donors (Lipinski definition) is 1. The lowest BCUT2D eigenvalue weighted by molar-refractivity contribution is -0.0346. The van der Waals surface area contributed by atoms with Crippen LogP contribution in [0, 0.1) is 0 Å². The van der Waals surface area contributed by atoms with Gasteiger partial charge in [-0.05, 0) is 30.7 Å². The molecule has 6 nitrogen and oxygen atoms in total. The predicted octanol–water partition coefficient (Wildman–Crippen LogP) is 1.75. The van der Waals surface area contributed by atoms with Crippen molar-refractivity contribution < 1.29 is 4.74 Å². The van der Waals surface area contributed by atoms with Crippen molar-refractivity contribution in [1.29, 1.82) is 0 Å². The molecule has 0 aliphatic carbocycles. The maximum absolute atomic E-state index is 5.85. The molecule has 0 aromatic carbocycles. The van der Waals surface area contributed by atoms with Crippen molar-refractivity contribution in [2.24, 2.45) is 0 Å². The van der Waals surface area contributed by atoms with Gasteiger partial charge in [0.15, 0.2) is 0 Å². The number of nitrogens with one attached hydrogen (secondary N) is 1. The highest BCUT2D eigenvalue weighted by molar-refractivity contribution is 5.31. The maximum Gasteiger partial charge on any atom is 0.148 e. The lowest BCUT2D eigenvalue weighted by Crippen LogP contribution is -2.46. The van der Waals surface area contributed by atoms with Crippen molar-refractivity contribution in [1.82, 2.24) is 20.1 Å². The smallest absolute Gasteiger partial charge is 0.148 e. The molecule has 1 N–H and O–H groups in total. The summed E-state index contributed by atoms with van der Waals surface area (Å²) < 4.78 is 5.85. The first-order valence-corrected chi connectivity index (χ1v) is 7.60. The van der Waals surface area contributed by atoms with Crippen molar-refractivity contribution in [3.63, 3.8) is 0 Å². The minimum atomic E-state index is 0.148. The molecule has 1 aliphatic rings. The summed E-state index contributed by atoms with van der Waals surface area (Å²) in [6, 6.07) is 8.23. The normalized spacial score (nSPS) is 20.5. The van der Waals surface area contributed by atoms with E-state index < -0.39 is 0 Å². The molecule has 0 bridgehead atoms. The third-order valence-electron chi connectivity index (χ3n) is 3.97. The highest BCUT2D eigenvalue weighted by Gasteiger charge is 2.24. The van der Waals surface area contributed by atoms with Gasteiger partial charge in [-0.15, -0.1) is 5.10 Å². The van der Waals surface area contributed by atoms with Crippen LogP contribution in [0.3, 0.4) is 0 Å². The fourth-order valence-electron chi connectivity index (χ4n) is 2.67. The van der Waals surface area contributed by atoms with E-state index in [-0.39, 0.29) is 6.10 Å². The second kappa shape index (κ2) is 7.29. The van der Waals surface area contributed by atoms with Crippen LogP contribution in [0.1, 0.15) is 18.5 Å². The first-order chi connectivity index (χ1) is 10.8. The van der Waals surface area contributed by atoms with Gasteiger partial charge >= 0.3 is 0 Å². The predicted molar refractivity (Wildman–Crippen MR) is 84.5 cm³/mol. The molecule has 3 heterocycles. The number of aromatic nitrogens is 3. The third-order valence-corrected chi connectivity index (χ3v) is 3.97. The number of ether oxygens (including phenoxy) is 1. The summed E-state index contributed by atoms with van der Waals surface area (Å²) >= 11 is 0. The van der Waals surface area contributed by atoms with Gasteiger partial charge in [-0.2, -0.15) is 5.10 Å². The van der Waals surface area contributed by atoms with Crippen LogP contribution >= 0.6 is 0 Å². The summed E-state index contributed by atoms with van der Waals surface area (Å²) in [5.74, 6) is 0.781. The fraction of sp³-hybridized carbons (Fsp3) is 0.438. The van der Waals surface area contributed by atoms with Gasteiger partial charge in [-0.1, -0.05) is 6.07 Å². The molecule has 1 saturated heterocycles. The Labute approximate surface area is 130 Å². The molecule has 2 atom stereocenters. The van der Waals surface area contributed by atoms with E-state index in [0.29, 0.717) is 6.04 Å². The van der Waals surface area contributed by atoms with Crippen LogP contribution in [0.5, 0.6) is 0 Å². The van der Waals surface area contributed by atoms with E-state index in [1.54, 1.807) is 6.20 Å². The molecule has 1 aliphatic heterocycles. The van der Waals surface area contributed by atoms with E-state index in [1.165, 1.54) is 5.56 Å². The zero-order valence-corrected chi connectivity index (χ0v) is 12.7. The first kappa shape index (κ1) is 14.9. The summed E-state index contributed by atoms with van der Waals surface area (Å²) in [7, 11) is 0. The summed E-state index contributed by atoms with van der Waals surface area (Å²) in [6.07, 6.45) is 5.56. The highest BCUT2D eigenvalue weighted by Crippen LogP contribution is 2.21. The van der Waals surface area contributed by atoms with Crippen LogP contribution in [0.25, 0.3) is 0 Å². The molecule has 3 rings (SSSR count). The molecule has 116 valence electrons. The molecule has 2 unspecified atom stereocenters. The first-order valence-electron chi connectivity index (χ1n) is 7.60. The molecule has 0 radical (unpaired) electrons. The minimum Gasteiger partial charge on any atom is -0.374 e. The van der Waals surface area contributed by atoms with E-state index in [0.717, 1.165) is 32.1 Å². The minimum absolute atomic E-state index is 0.148. The topological polar surface area (TPSA) is 63.2 Å². The zero-order valence-electron chi connectivity index (χ0n) is 12.7. The van der Waals surface area contributed by atoms with Crippen LogP contribution in [-0.4, -0.2) is 52.4 Å². The molecular weight excluding hydrogens is 278 g/mol. The standard InChI is InChI=1S/C16H21N5O/c1-13(14-4-2-6-17-10-14)21-8-9-22-15(12-21)11-18-16-5-3-7-19-20-16/h2-7,10,13,15H,8-9,11-12H2,1H3,(H,18,20). The number of anilines is 1. The molecule has 2 aromatic rings. The summed E-state index contributed by atoms with van der Waals surface area (Å²) in [6.45, 7) is 5.53. The highest BCUT2D eigenvalue weighted by atomic mass is 16.5. The zero-order chi connectivity index (χ0) is 15.2. The Balaban J connectivity index is 1.55. The Morgan fingerprint density at radius 1 is 1.36 bits per heavy atom. The number of morpholine rings is 1. The monoisotopic (exact) mass is 299 g/mol. The number of hydrogen-bond acceptors (Lipinski definition) is 6. The second-order valence-electron chi connectivity index (χ2n) is 5.44. The number of pyridine rings is 1. The van der Waals surface area contributed by atoms with Crippen LogP contribution < -0.4 is 5.32 Å². The largest absolute Gasteiger partial charge is 0.374 e. The van der Waals surface area contributed by atoms with E-state index in [1.807, 2.05) is 30.6 Å². The quantitative estimate of drug-likeness (QED) is 0.907. The lowest BCUT2D eigenvalue weighted by Gasteiger charge is -2.37. The van der Waals surface area contributed by atoms with Gasteiger partial charge in [0.2, 0.25) is 0 Å². The second-order valence-corrected chi connectivity index (χ2v) is 5.44. The van der Waals surface area contributed by atoms with Crippen molar-refractivity contribution in [3.8, 4) is 0 Å². The van der Waals surface area contributed by atoms with Crippen molar-refractivity contribution in [2.75, 3.05) is 31.6 Å². The van der Waals surface area contributed by atoms with Crippen molar-refractivity contribution in [3.05, 3.63) is 48.4 Å². The van der Waals surface area contributed by atoms with Crippen LogP contribution in [0.15, 0.2) is 42.9 Å². The maximum atomic E-state index is 5.85. The molecule has 0 saturated carbocycles. The van der Waals surface area contributed by atoms with Crippen LogP contribution in [-0.2, 0) is 4.74 Å². The SMILES string of the molecule is CC(c1cccnc1)N1CCOC(CNc2cccnn2)C1. The molecule has 6 heteroatoms. The van der Waals surface area contributed by atoms with Gasteiger partial charge in [-0.3, -0.25) is 9.88 Å². The Hall–Kier alpha value is -2.05. The summed E-state index contributed by atoms with van der Waals surface area (Å²) in [5.41, 5.74) is 1.24. The fourth-order valence-corrected chi connectivity index (χ4v) is 2.67. The molecule has 2 aromatic heterocycles. The summed E-state index contributed by atoms with van der Waals surface area (Å²) in [5, 5.41) is 11.2. The van der Waals surface area contributed by atoms with E-state index >= 15 is 0 Å². The number of nitrogens with zero attached hydrogens (tertiary/aromatic N) is 4. The molecule has 1 fully saturated rings. The molecule has 0 amide bonds. The van der Waals surface area contributed by atoms with E-state index in [2.05, 4.69) is 38.4 Å². The third kappa shape index (κ3) is 3.78.